The van der Waals surface area contributed by atoms with Gasteiger partial charge in [-0.2, -0.15) is 0 Å². The number of hydrogen-bond acceptors (Lipinski definition) is 3. The van der Waals surface area contributed by atoms with E-state index in [4.69, 9.17) is 9.47 Å². The van der Waals surface area contributed by atoms with Gasteiger partial charge in [0.2, 0.25) is 6.79 Å². The molecule has 116 valence electrons. The second-order valence-corrected chi connectivity index (χ2v) is 5.35. The Morgan fingerprint density at radius 3 is 2.81 bits per heavy atom. The Hall–Kier alpha value is -1.18. The van der Waals surface area contributed by atoms with Gasteiger partial charge in [-0.3, -0.25) is 0 Å². The van der Waals surface area contributed by atoms with E-state index in [0.29, 0.717) is 19.4 Å². The summed E-state index contributed by atoms with van der Waals surface area (Å²) in [6.45, 7) is 6.14. The lowest BCUT2D eigenvalue weighted by Crippen LogP contribution is -2.39. The third kappa shape index (κ3) is 4.15. The fourth-order valence-electron chi connectivity index (χ4n) is 2.23. The maximum Gasteiger partial charge on any atom is 0.231 e. The normalized spacial score (nSPS) is 22.5. The monoisotopic (exact) mass is 403 g/mol. The van der Waals surface area contributed by atoms with Gasteiger partial charge in [-0.1, -0.05) is 13.0 Å². The van der Waals surface area contributed by atoms with Crippen molar-refractivity contribution in [3.8, 4) is 11.5 Å². The molecule has 1 aliphatic heterocycles. The summed E-state index contributed by atoms with van der Waals surface area (Å²) in [4.78, 5) is 4.62. The van der Waals surface area contributed by atoms with Gasteiger partial charge in [-0.25, -0.2) is 4.99 Å². The Labute approximate surface area is 142 Å². The standard InChI is InChI=1S/C15H21N3O2.HI/c1-3-16-15(18-12-6-10(12)2)17-8-11-4-5-13-14(7-11)20-9-19-13;/h4-5,7,10,12H,3,6,8-9H2,1-2H3,(H2,16,17,18);1H. The van der Waals surface area contributed by atoms with Gasteiger partial charge < -0.3 is 20.1 Å². The highest BCUT2D eigenvalue weighted by atomic mass is 127. The van der Waals surface area contributed by atoms with Crippen molar-refractivity contribution in [2.75, 3.05) is 13.3 Å². The molecule has 1 saturated carbocycles. The van der Waals surface area contributed by atoms with Crippen LogP contribution in [-0.2, 0) is 6.54 Å². The van der Waals surface area contributed by atoms with Crippen LogP contribution < -0.4 is 20.1 Å². The molecule has 1 heterocycles. The number of aliphatic imine (C=N–C) groups is 1. The maximum absolute atomic E-state index is 5.38. The van der Waals surface area contributed by atoms with E-state index >= 15 is 0 Å². The molecule has 3 rings (SSSR count). The van der Waals surface area contributed by atoms with Crippen LogP contribution in [0.5, 0.6) is 11.5 Å². The average molecular weight is 403 g/mol. The lowest BCUT2D eigenvalue weighted by atomic mass is 10.2. The summed E-state index contributed by atoms with van der Waals surface area (Å²) in [6.07, 6.45) is 1.23. The Morgan fingerprint density at radius 1 is 1.33 bits per heavy atom. The van der Waals surface area contributed by atoms with E-state index in [0.717, 1.165) is 35.5 Å². The van der Waals surface area contributed by atoms with Crippen molar-refractivity contribution >= 4 is 29.9 Å². The minimum atomic E-state index is 0. The molecule has 2 atom stereocenters. The summed E-state index contributed by atoms with van der Waals surface area (Å²) in [7, 11) is 0. The van der Waals surface area contributed by atoms with E-state index in [-0.39, 0.29) is 24.0 Å². The van der Waals surface area contributed by atoms with Gasteiger partial charge in [0.1, 0.15) is 0 Å². The molecule has 1 aliphatic carbocycles. The number of ether oxygens (including phenoxy) is 2. The van der Waals surface area contributed by atoms with Gasteiger partial charge >= 0.3 is 0 Å². The molecule has 0 bridgehead atoms. The molecule has 21 heavy (non-hydrogen) atoms. The van der Waals surface area contributed by atoms with Gasteiger partial charge in [0, 0.05) is 12.6 Å². The number of hydrogen-bond donors (Lipinski definition) is 2. The van der Waals surface area contributed by atoms with Gasteiger partial charge in [0.05, 0.1) is 6.54 Å². The molecular weight excluding hydrogens is 381 g/mol. The highest BCUT2D eigenvalue weighted by Gasteiger charge is 2.33. The minimum absolute atomic E-state index is 0. The van der Waals surface area contributed by atoms with E-state index in [1.54, 1.807) is 0 Å². The van der Waals surface area contributed by atoms with Gasteiger partial charge in [-0.15, -0.1) is 24.0 Å². The first-order valence-corrected chi connectivity index (χ1v) is 7.19. The molecule has 0 spiro atoms. The van der Waals surface area contributed by atoms with Crippen LogP contribution in [0.3, 0.4) is 0 Å². The highest BCUT2D eigenvalue weighted by molar-refractivity contribution is 14.0. The smallest absolute Gasteiger partial charge is 0.231 e. The molecule has 6 heteroatoms. The Morgan fingerprint density at radius 2 is 2.10 bits per heavy atom. The van der Waals surface area contributed by atoms with Crippen molar-refractivity contribution in [1.29, 1.82) is 0 Å². The number of guanidine groups is 1. The molecule has 1 aromatic carbocycles. The molecule has 1 aromatic rings. The third-order valence-electron chi connectivity index (χ3n) is 3.63. The van der Waals surface area contributed by atoms with Crippen molar-refractivity contribution in [2.45, 2.75) is 32.9 Å². The predicted octanol–water partition coefficient (Wildman–Crippen LogP) is 2.50. The molecule has 1 fully saturated rings. The zero-order chi connectivity index (χ0) is 13.9. The fraction of sp³-hybridized carbons (Fsp3) is 0.533. The summed E-state index contributed by atoms with van der Waals surface area (Å²) in [5, 5.41) is 6.73. The molecule has 2 N–H and O–H groups in total. The minimum Gasteiger partial charge on any atom is -0.454 e. The zero-order valence-corrected chi connectivity index (χ0v) is 14.7. The van der Waals surface area contributed by atoms with E-state index < -0.39 is 0 Å². The topological polar surface area (TPSA) is 54.9 Å². The van der Waals surface area contributed by atoms with Crippen LogP contribution in [0.1, 0.15) is 25.8 Å². The van der Waals surface area contributed by atoms with E-state index in [1.807, 2.05) is 18.2 Å². The van der Waals surface area contributed by atoms with Crippen LogP contribution in [0.15, 0.2) is 23.2 Å². The molecule has 0 radical (unpaired) electrons. The van der Waals surface area contributed by atoms with Crippen molar-refractivity contribution in [3.05, 3.63) is 23.8 Å². The number of fused-ring (bicyclic) bond motifs is 1. The summed E-state index contributed by atoms with van der Waals surface area (Å²) in [6, 6.07) is 6.54. The molecule has 0 saturated heterocycles. The Balaban J connectivity index is 0.00000161. The van der Waals surface area contributed by atoms with E-state index in [2.05, 4.69) is 29.5 Å². The first-order chi connectivity index (χ1) is 9.76. The molecule has 0 aromatic heterocycles. The molecule has 2 aliphatic rings. The lowest BCUT2D eigenvalue weighted by Gasteiger charge is -2.10. The van der Waals surface area contributed by atoms with Crippen molar-refractivity contribution in [3.63, 3.8) is 0 Å². The first kappa shape index (κ1) is 16.2. The number of rotatable bonds is 4. The first-order valence-electron chi connectivity index (χ1n) is 7.19. The number of halogens is 1. The van der Waals surface area contributed by atoms with Crippen molar-refractivity contribution in [1.82, 2.24) is 10.6 Å². The number of benzene rings is 1. The maximum atomic E-state index is 5.38. The summed E-state index contributed by atoms with van der Waals surface area (Å²) in [5.74, 6) is 3.27. The largest absolute Gasteiger partial charge is 0.454 e. The third-order valence-corrected chi connectivity index (χ3v) is 3.63. The van der Waals surface area contributed by atoms with Gasteiger partial charge in [0.25, 0.3) is 0 Å². The fourth-order valence-corrected chi connectivity index (χ4v) is 2.23. The van der Waals surface area contributed by atoms with Gasteiger partial charge in [-0.05, 0) is 37.0 Å². The number of nitrogens with one attached hydrogen (secondary N) is 2. The average Bonchev–Trinajstić information content (AvgIpc) is 2.95. The quantitative estimate of drug-likeness (QED) is 0.461. The Bertz CT molecular complexity index is 522. The molecule has 0 amide bonds. The lowest BCUT2D eigenvalue weighted by molar-refractivity contribution is 0.174. The SMILES string of the molecule is CCNC(=NCc1ccc2c(c1)OCO2)NC1CC1C.I. The van der Waals surface area contributed by atoms with Crippen LogP contribution >= 0.6 is 24.0 Å². The van der Waals surface area contributed by atoms with Gasteiger partial charge in [0.15, 0.2) is 17.5 Å². The highest BCUT2D eigenvalue weighted by Crippen LogP contribution is 2.32. The summed E-state index contributed by atoms with van der Waals surface area (Å²) >= 11 is 0. The zero-order valence-electron chi connectivity index (χ0n) is 12.4. The second kappa shape index (κ2) is 7.20. The van der Waals surface area contributed by atoms with Crippen LogP contribution in [-0.4, -0.2) is 25.3 Å². The Kier molecular flexibility index (Phi) is 5.55. The summed E-state index contributed by atoms with van der Waals surface area (Å²) in [5.41, 5.74) is 1.12. The van der Waals surface area contributed by atoms with Crippen LogP contribution in [0.4, 0.5) is 0 Å². The van der Waals surface area contributed by atoms with Crippen molar-refractivity contribution < 1.29 is 9.47 Å². The van der Waals surface area contributed by atoms with Crippen LogP contribution in [0, 0.1) is 5.92 Å². The number of nitrogens with zero attached hydrogens (tertiary/aromatic N) is 1. The van der Waals surface area contributed by atoms with E-state index in [1.165, 1.54) is 6.42 Å². The van der Waals surface area contributed by atoms with E-state index in [9.17, 15) is 0 Å². The van der Waals surface area contributed by atoms with Crippen LogP contribution in [0.2, 0.25) is 0 Å². The second-order valence-electron chi connectivity index (χ2n) is 5.35. The molecule has 5 nitrogen and oxygen atoms in total. The molecule has 2 unspecified atom stereocenters. The summed E-state index contributed by atoms with van der Waals surface area (Å²) < 4.78 is 10.7. The van der Waals surface area contributed by atoms with Crippen molar-refractivity contribution in [2.24, 2.45) is 10.9 Å². The van der Waals surface area contributed by atoms with Crippen LogP contribution in [0.25, 0.3) is 0 Å². The predicted molar refractivity (Wildman–Crippen MR) is 93.5 cm³/mol. The molecular formula is C15H22IN3O2.